The van der Waals surface area contributed by atoms with Gasteiger partial charge in [0, 0.05) is 30.4 Å². The van der Waals surface area contributed by atoms with Crippen molar-refractivity contribution in [3.63, 3.8) is 0 Å². The quantitative estimate of drug-likeness (QED) is 0.722. The number of anilines is 1. The van der Waals surface area contributed by atoms with E-state index in [0.29, 0.717) is 18.1 Å². The summed E-state index contributed by atoms with van der Waals surface area (Å²) in [6.07, 6.45) is 4.38. The van der Waals surface area contributed by atoms with E-state index in [2.05, 4.69) is 15.1 Å². The molecule has 0 saturated heterocycles. The number of para-hydroxylation sites is 1. The average molecular weight is 348 g/mol. The van der Waals surface area contributed by atoms with Gasteiger partial charge in [0.1, 0.15) is 6.04 Å². The Hall–Kier alpha value is -3.02. The Kier molecular flexibility index (Phi) is 4.24. The summed E-state index contributed by atoms with van der Waals surface area (Å²) in [4.78, 5) is 23.5. The van der Waals surface area contributed by atoms with Gasteiger partial charge in [-0.15, -0.1) is 0 Å². The smallest absolute Gasteiger partial charge is 0.250 e. The van der Waals surface area contributed by atoms with Crippen LogP contribution in [0.5, 0.6) is 0 Å². The minimum atomic E-state index is -0.267. The number of amides is 1. The van der Waals surface area contributed by atoms with Crippen molar-refractivity contribution in [2.45, 2.75) is 38.6 Å². The standard InChI is InChI=1S/C20H20N4O2/c1-13(2)19-22-20(26-23-19)17-11-15-7-3-4-8-16(15)24(17)18(25)10-14-6-5-9-21-12-14/h3-9,12-13,17H,10-11H2,1-2H3. The van der Waals surface area contributed by atoms with Gasteiger partial charge in [-0.2, -0.15) is 4.98 Å². The van der Waals surface area contributed by atoms with Crippen molar-refractivity contribution in [1.29, 1.82) is 0 Å². The van der Waals surface area contributed by atoms with Crippen LogP contribution in [0.15, 0.2) is 53.3 Å². The number of pyridine rings is 1. The normalized spacial score (nSPS) is 16.1. The molecule has 1 unspecified atom stereocenters. The van der Waals surface area contributed by atoms with Gasteiger partial charge in [-0.1, -0.05) is 43.3 Å². The van der Waals surface area contributed by atoms with Crippen LogP contribution in [0, 0.1) is 0 Å². The topological polar surface area (TPSA) is 72.1 Å². The van der Waals surface area contributed by atoms with Crippen LogP contribution in [-0.2, 0) is 17.6 Å². The Morgan fingerprint density at radius 3 is 2.85 bits per heavy atom. The van der Waals surface area contributed by atoms with Crippen molar-refractivity contribution >= 4 is 11.6 Å². The van der Waals surface area contributed by atoms with Crippen LogP contribution in [0.4, 0.5) is 5.69 Å². The molecule has 0 N–H and O–H groups in total. The van der Waals surface area contributed by atoms with E-state index in [9.17, 15) is 4.79 Å². The lowest BCUT2D eigenvalue weighted by molar-refractivity contribution is -0.118. The summed E-state index contributed by atoms with van der Waals surface area (Å²) in [7, 11) is 0. The first-order chi connectivity index (χ1) is 12.6. The van der Waals surface area contributed by atoms with Gasteiger partial charge in [-0.05, 0) is 23.3 Å². The average Bonchev–Trinajstić information content (AvgIpc) is 3.27. The minimum Gasteiger partial charge on any atom is -0.337 e. The van der Waals surface area contributed by atoms with Gasteiger partial charge in [-0.3, -0.25) is 14.7 Å². The number of benzene rings is 1. The molecular weight excluding hydrogens is 328 g/mol. The summed E-state index contributed by atoms with van der Waals surface area (Å²) in [6.45, 7) is 4.03. The molecule has 2 aromatic heterocycles. The monoisotopic (exact) mass is 348 g/mol. The molecule has 6 heteroatoms. The van der Waals surface area contributed by atoms with E-state index in [0.717, 1.165) is 16.8 Å². The van der Waals surface area contributed by atoms with Crippen LogP contribution < -0.4 is 4.90 Å². The predicted molar refractivity (Wildman–Crippen MR) is 96.7 cm³/mol. The summed E-state index contributed by atoms with van der Waals surface area (Å²) in [5.41, 5.74) is 2.91. The molecule has 0 fully saturated rings. The molecule has 0 spiro atoms. The lowest BCUT2D eigenvalue weighted by Gasteiger charge is -2.23. The fourth-order valence-electron chi connectivity index (χ4n) is 3.27. The lowest BCUT2D eigenvalue weighted by atomic mass is 10.1. The third kappa shape index (κ3) is 2.98. The Bertz CT molecular complexity index is 920. The third-order valence-electron chi connectivity index (χ3n) is 4.58. The van der Waals surface area contributed by atoms with Gasteiger partial charge in [0.25, 0.3) is 0 Å². The Balaban J connectivity index is 1.68. The molecular formula is C20H20N4O2. The van der Waals surface area contributed by atoms with E-state index in [-0.39, 0.29) is 24.3 Å². The summed E-state index contributed by atoms with van der Waals surface area (Å²) < 4.78 is 5.50. The van der Waals surface area contributed by atoms with E-state index in [4.69, 9.17) is 4.52 Å². The second kappa shape index (κ2) is 6.71. The molecule has 1 aliphatic heterocycles. The van der Waals surface area contributed by atoms with Crippen molar-refractivity contribution in [2.24, 2.45) is 0 Å². The Labute approximate surface area is 151 Å². The van der Waals surface area contributed by atoms with Gasteiger partial charge in [0.2, 0.25) is 11.8 Å². The Morgan fingerprint density at radius 2 is 2.12 bits per heavy atom. The van der Waals surface area contributed by atoms with Gasteiger partial charge < -0.3 is 4.52 Å². The summed E-state index contributed by atoms with van der Waals surface area (Å²) in [5.74, 6) is 1.33. The summed E-state index contributed by atoms with van der Waals surface area (Å²) in [6, 6.07) is 11.4. The predicted octanol–water partition coefficient (Wildman–Crippen LogP) is 3.46. The van der Waals surface area contributed by atoms with Gasteiger partial charge in [0.15, 0.2) is 5.82 Å². The first-order valence-corrected chi connectivity index (χ1v) is 8.76. The maximum atomic E-state index is 13.1. The molecule has 1 atom stereocenters. The number of fused-ring (bicyclic) bond motifs is 1. The van der Waals surface area contributed by atoms with E-state index >= 15 is 0 Å². The second-order valence-electron chi connectivity index (χ2n) is 6.80. The first kappa shape index (κ1) is 16.4. The number of aromatic nitrogens is 3. The number of hydrogen-bond donors (Lipinski definition) is 0. The highest BCUT2D eigenvalue weighted by Gasteiger charge is 2.38. The molecule has 1 aliphatic rings. The highest BCUT2D eigenvalue weighted by molar-refractivity contribution is 5.97. The zero-order chi connectivity index (χ0) is 18.1. The van der Waals surface area contributed by atoms with E-state index in [1.165, 1.54) is 0 Å². The van der Waals surface area contributed by atoms with Crippen molar-refractivity contribution in [3.8, 4) is 0 Å². The van der Waals surface area contributed by atoms with Crippen molar-refractivity contribution < 1.29 is 9.32 Å². The van der Waals surface area contributed by atoms with Crippen LogP contribution in [0.1, 0.15) is 48.6 Å². The molecule has 26 heavy (non-hydrogen) atoms. The minimum absolute atomic E-state index is 0.00255. The Morgan fingerprint density at radius 1 is 1.27 bits per heavy atom. The van der Waals surface area contributed by atoms with Crippen molar-refractivity contribution in [2.75, 3.05) is 4.90 Å². The fourth-order valence-corrected chi connectivity index (χ4v) is 3.27. The maximum absolute atomic E-state index is 13.1. The van der Waals surface area contributed by atoms with Gasteiger partial charge >= 0.3 is 0 Å². The SMILES string of the molecule is CC(C)c1noc(C2Cc3ccccc3N2C(=O)Cc2cccnc2)n1. The van der Waals surface area contributed by atoms with E-state index < -0.39 is 0 Å². The number of carbonyl (C=O) groups is 1. The van der Waals surface area contributed by atoms with Crippen molar-refractivity contribution in [1.82, 2.24) is 15.1 Å². The highest BCUT2D eigenvalue weighted by Crippen LogP contribution is 2.40. The van der Waals surface area contributed by atoms with Crippen molar-refractivity contribution in [3.05, 3.63) is 71.6 Å². The van der Waals surface area contributed by atoms with Crippen LogP contribution >= 0.6 is 0 Å². The van der Waals surface area contributed by atoms with Gasteiger partial charge in [0.05, 0.1) is 6.42 Å². The number of rotatable bonds is 4. The molecule has 0 radical (unpaired) electrons. The number of carbonyl (C=O) groups excluding carboxylic acids is 1. The molecule has 0 saturated carbocycles. The molecule has 3 aromatic rings. The molecule has 1 aromatic carbocycles. The lowest BCUT2D eigenvalue weighted by Crippen LogP contribution is -2.33. The highest BCUT2D eigenvalue weighted by atomic mass is 16.5. The molecule has 0 aliphatic carbocycles. The fraction of sp³-hybridized carbons (Fsp3) is 0.300. The van der Waals surface area contributed by atoms with Crippen LogP contribution in [0.25, 0.3) is 0 Å². The molecule has 4 rings (SSSR count). The first-order valence-electron chi connectivity index (χ1n) is 8.76. The molecule has 6 nitrogen and oxygen atoms in total. The van der Waals surface area contributed by atoms with E-state index in [1.54, 1.807) is 17.3 Å². The number of nitrogens with zero attached hydrogens (tertiary/aromatic N) is 4. The maximum Gasteiger partial charge on any atom is 0.250 e. The third-order valence-corrected chi connectivity index (χ3v) is 4.58. The molecule has 3 heterocycles. The molecule has 0 bridgehead atoms. The zero-order valence-electron chi connectivity index (χ0n) is 14.8. The second-order valence-corrected chi connectivity index (χ2v) is 6.80. The number of hydrogen-bond acceptors (Lipinski definition) is 5. The van der Waals surface area contributed by atoms with Gasteiger partial charge in [-0.25, -0.2) is 0 Å². The summed E-state index contributed by atoms with van der Waals surface area (Å²) in [5, 5.41) is 4.07. The largest absolute Gasteiger partial charge is 0.337 e. The van der Waals surface area contributed by atoms with E-state index in [1.807, 2.05) is 50.2 Å². The molecule has 1 amide bonds. The van der Waals surface area contributed by atoms with Crippen LogP contribution in [0.2, 0.25) is 0 Å². The zero-order valence-corrected chi connectivity index (χ0v) is 14.8. The molecule has 132 valence electrons. The van der Waals surface area contributed by atoms with Crippen LogP contribution in [0.3, 0.4) is 0 Å². The van der Waals surface area contributed by atoms with Crippen LogP contribution in [-0.4, -0.2) is 21.0 Å². The summed E-state index contributed by atoms with van der Waals surface area (Å²) >= 11 is 0.